The van der Waals surface area contributed by atoms with Crippen molar-refractivity contribution in [2.45, 2.75) is 31.8 Å². The van der Waals surface area contributed by atoms with E-state index in [4.69, 9.17) is 11.6 Å². The van der Waals surface area contributed by atoms with Crippen molar-refractivity contribution >= 4 is 33.0 Å². The lowest BCUT2D eigenvalue weighted by Gasteiger charge is -2.26. The summed E-state index contributed by atoms with van der Waals surface area (Å²) >= 11 is 8.03. The zero-order chi connectivity index (χ0) is 11.0. The quantitative estimate of drug-likeness (QED) is 0.862. The van der Waals surface area contributed by atoms with Gasteiger partial charge in [0, 0.05) is 27.7 Å². The number of rotatable bonds is 3. The number of halogens is 1. The first-order valence-electron chi connectivity index (χ1n) is 5.72. The highest BCUT2D eigenvalue weighted by molar-refractivity contribution is 7.17. The summed E-state index contributed by atoms with van der Waals surface area (Å²) in [5.74, 6) is 0. The number of hydrogen-bond donors (Lipinski definition) is 1. The molecular weight excluding hydrogens is 238 g/mol. The maximum atomic E-state index is 6.25. The molecule has 1 N–H and O–H groups in total. The van der Waals surface area contributed by atoms with Crippen molar-refractivity contribution in [3.05, 3.63) is 34.2 Å². The maximum Gasteiger partial charge on any atom is 0.0496 e. The van der Waals surface area contributed by atoms with Gasteiger partial charge in [0.15, 0.2) is 0 Å². The summed E-state index contributed by atoms with van der Waals surface area (Å²) in [5, 5.41) is 7.93. The van der Waals surface area contributed by atoms with E-state index >= 15 is 0 Å². The van der Waals surface area contributed by atoms with Crippen molar-refractivity contribution in [2.24, 2.45) is 0 Å². The Morgan fingerprint density at radius 1 is 1.38 bits per heavy atom. The third kappa shape index (κ3) is 1.86. The van der Waals surface area contributed by atoms with E-state index in [0.29, 0.717) is 0 Å². The summed E-state index contributed by atoms with van der Waals surface area (Å²) in [6, 6.07) is 6.87. The molecule has 1 nitrogen and oxygen atoms in total. The molecule has 1 heterocycles. The van der Waals surface area contributed by atoms with Gasteiger partial charge >= 0.3 is 0 Å². The molecule has 1 fully saturated rings. The molecule has 0 bridgehead atoms. The maximum absolute atomic E-state index is 6.25. The Bertz CT molecular complexity index is 502. The molecule has 1 aromatic heterocycles. The topological polar surface area (TPSA) is 12.0 Å². The van der Waals surface area contributed by atoms with E-state index in [1.54, 1.807) is 11.3 Å². The van der Waals surface area contributed by atoms with Gasteiger partial charge in [0.25, 0.3) is 0 Å². The number of nitrogens with one attached hydrogen (secondary N) is 1. The predicted molar refractivity (Wildman–Crippen MR) is 71.3 cm³/mol. The minimum Gasteiger partial charge on any atom is -0.310 e. The predicted octanol–water partition coefficient (Wildman–Crippen LogP) is 4.20. The average molecular weight is 252 g/mol. The molecule has 0 unspecified atom stereocenters. The highest BCUT2D eigenvalue weighted by Crippen LogP contribution is 2.32. The van der Waals surface area contributed by atoms with Crippen LogP contribution in [0.15, 0.2) is 23.6 Å². The van der Waals surface area contributed by atoms with Gasteiger partial charge < -0.3 is 5.32 Å². The largest absolute Gasteiger partial charge is 0.310 e. The van der Waals surface area contributed by atoms with Crippen molar-refractivity contribution in [1.29, 1.82) is 0 Å². The molecule has 3 rings (SSSR count). The summed E-state index contributed by atoms with van der Waals surface area (Å²) in [6.45, 7) is 0.953. The number of hydrogen-bond acceptors (Lipinski definition) is 2. The van der Waals surface area contributed by atoms with E-state index < -0.39 is 0 Å². The van der Waals surface area contributed by atoms with Gasteiger partial charge in [-0.05, 0) is 35.9 Å². The molecule has 0 radical (unpaired) electrons. The van der Waals surface area contributed by atoms with Gasteiger partial charge in [0.2, 0.25) is 0 Å². The van der Waals surface area contributed by atoms with Crippen LogP contribution in [0, 0.1) is 0 Å². The van der Waals surface area contributed by atoms with Gasteiger partial charge in [0.05, 0.1) is 0 Å². The van der Waals surface area contributed by atoms with E-state index in [9.17, 15) is 0 Å². The molecule has 16 heavy (non-hydrogen) atoms. The molecule has 84 valence electrons. The van der Waals surface area contributed by atoms with Crippen molar-refractivity contribution < 1.29 is 0 Å². The van der Waals surface area contributed by atoms with E-state index in [1.165, 1.54) is 34.9 Å². The van der Waals surface area contributed by atoms with Crippen molar-refractivity contribution in [3.8, 4) is 0 Å². The van der Waals surface area contributed by atoms with Gasteiger partial charge in [0.1, 0.15) is 0 Å². The fourth-order valence-corrected chi connectivity index (χ4v) is 3.44. The summed E-state index contributed by atoms with van der Waals surface area (Å²) in [4.78, 5) is 0. The van der Waals surface area contributed by atoms with Crippen molar-refractivity contribution in [2.75, 3.05) is 0 Å². The Balaban J connectivity index is 1.85. The van der Waals surface area contributed by atoms with E-state index in [0.717, 1.165) is 17.6 Å². The third-order valence-electron chi connectivity index (χ3n) is 3.31. The van der Waals surface area contributed by atoms with Crippen LogP contribution >= 0.6 is 22.9 Å². The highest BCUT2D eigenvalue weighted by atomic mass is 35.5. The normalized spacial score (nSPS) is 16.6. The lowest BCUT2D eigenvalue weighted by molar-refractivity contribution is 0.339. The fraction of sp³-hybridized carbons (Fsp3) is 0.385. The molecule has 1 aliphatic carbocycles. The Labute approximate surface area is 104 Å². The SMILES string of the molecule is Clc1cccc2scc(CNC3CCC3)c12. The summed E-state index contributed by atoms with van der Waals surface area (Å²) in [7, 11) is 0. The first-order valence-corrected chi connectivity index (χ1v) is 6.98. The van der Waals surface area contributed by atoms with Gasteiger partial charge in [-0.1, -0.05) is 24.1 Å². The van der Waals surface area contributed by atoms with Crippen LogP contribution in [0.5, 0.6) is 0 Å². The smallest absolute Gasteiger partial charge is 0.0496 e. The first kappa shape index (κ1) is 10.6. The first-order chi connectivity index (χ1) is 7.84. The standard InChI is InChI=1S/C13H14ClNS/c14-11-5-2-6-12-13(11)9(8-16-12)7-15-10-3-1-4-10/h2,5-6,8,10,15H,1,3-4,7H2. The van der Waals surface area contributed by atoms with Crippen LogP contribution in [0.3, 0.4) is 0 Å². The zero-order valence-corrected chi connectivity index (χ0v) is 10.6. The van der Waals surface area contributed by atoms with Crippen LogP contribution in [0.4, 0.5) is 0 Å². The van der Waals surface area contributed by atoms with Gasteiger partial charge in [-0.25, -0.2) is 0 Å². The minimum absolute atomic E-state index is 0.734. The average Bonchev–Trinajstić information content (AvgIpc) is 2.61. The van der Waals surface area contributed by atoms with Crippen LogP contribution in [-0.2, 0) is 6.54 Å². The molecule has 2 aromatic rings. The summed E-state index contributed by atoms with van der Waals surface area (Å²) in [5.41, 5.74) is 1.34. The molecule has 0 spiro atoms. The third-order valence-corrected chi connectivity index (χ3v) is 4.62. The second-order valence-electron chi connectivity index (χ2n) is 4.38. The van der Waals surface area contributed by atoms with Gasteiger partial charge in [-0.3, -0.25) is 0 Å². The minimum atomic E-state index is 0.734. The Hall–Kier alpha value is -0.570. The zero-order valence-electron chi connectivity index (χ0n) is 9.00. The molecule has 1 aliphatic rings. The van der Waals surface area contributed by atoms with Crippen LogP contribution in [0.2, 0.25) is 5.02 Å². The molecule has 0 amide bonds. The Morgan fingerprint density at radius 2 is 2.25 bits per heavy atom. The monoisotopic (exact) mass is 251 g/mol. The van der Waals surface area contributed by atoms with E-state index in [2.05, 4.69) is 16.8 Å². The Morgan fingerprint density at radius 3 is 3.00 bits per heavy atom. The Kier molecular flexibility index (Phi) is 2.88. The lowest BCUT2D eigenvalue weighted by Crippen LogP contribution is -2.34. The second kappa shape index (κ2) is 4.36. The molecule has 0 atom stereocenters. The van der Waals surface area contributed by atoms with Crippen LogP contribution in [-0.4, -0.2) is 6.04 Å². The summed E-state index contributed by atoms with van der Waals surface area (Å²) in [6.07, 6.45) is 4.04. The second-order valence-corrected chi connectivity index (χ2v) is 5.70. The molecule has 1 saturated carbocycles. The lowest BCUT2D eigenvalue weighted by atomic mass is 9.93. The molecule has 0 aliphatic heterocycles. The van der Waals surface area contributed by atoms with Crippen LogP contribution in [0.25, 0.3) is 10.1 Å². The molecule has 3 heteroatoms. The molecular formula is C13H14ClNS. The van der Waals surface area contributed by atoms with Crippen molar-refractivity contribution in [1.82, 2.24) is 5.32 Å². The van der Waals surface area contributed by atoms with E-state index in [-0.39, 0.29) is 0 Å². The number of thiophene rings is 1. The van der Waals surface area contributed by atoms with E-state index in [1.807, 2.05) is 12.1 Å². The molecule has 0 saturated heterocycles. The highest BCUT2D eigenvalue weighted by Gasteiger charge is 2.17. The van der Waals surface area contributed by atoms with Crippen molar-refractivity contribution in [3.63, 3.8) is 0 Å². The fourth-order valence-electron chi connectivity index (χ4n) is 2.10. The van der Waals surface area contributed by atoms with Crippen LogP contribution < -0.4 is 5.32 Å². The number of benzene rings is 1. The van der Waals surface area contributed by atoms with Gasteiger partial charge in [-0.2, -0.15) is 0 Å². The van der Waals surface area contributed by atoms with Crippen LogP contribution in [0.1, 0.15) is 24.8 Å². The van der Waals surface area contributed by atoms with Gasteiger partial charge in [-0.15, -0.1) is 11.3 Å². The number of fused-ring (bicyclic) bond motifs is 1. The molecule has 1 aromatic carbocycles. The summed E-state index contributed by atoms with van der Waals surface area (Å²) < 4.78 is 1.29.